The number of benzene rings is 2. The van der Waals surface area contributed by atoms with Gasteiger partial charge in [0.15, 0.2) is 0 Å². The molecule has 12 heteroatoms. The third-order valence-corrected chi connectivity index (χ3v) is 9.46. The van der Waals surface area contributed by atoms with Crippen LogP contribution in [0, 0.1) is 0 Å². The molecule has 0 unspecified atom stereocenters. The Morgan fingerprint density at radius 2 is 1.53 bits per heavy atom. The van der Waals surface area contributed by atoms with Crippen molar-refractivity contribution in [2.45, 2.75) is 9.79 Å². The van der Waals surface area contributed by atoms with Gasteiger partial charge in [-0.1, -0.05) is 11.6 Å². The molecule has 0 radical (unpaired) electrons. The summed E-state index contributed by atoms with van der Waals surface area (Å²) >= 11 is 8.30. The van der Waals surface area contributed by atoms with Gasteiger partial charge in [-0.2, -0.15) is 4.31 Å². The monoisotopic (exact) mass is 580 g/mol. The van der Waals surface area contributed by atoms with Crippen molar-refractivity contribution in [1.29, 1.82) is 0 Å². The third kappa shape index (κ3) is 4.18. The van der Waals surface area contributed by atoms with Gasteiger partial charge in [0.05, 0.1) is 26.0 Å². The van der Waals surface area contributed by atoms with Crippen molar-refractivity contribution in [3.05, 3.63) is 53.7 Å². The van der Waals surface area contributed by atoms with Gasteiger partial charge in [0.1, 0.15) is 0 Å². The Labute approximate surface area is 193 Å². The number of halogens is 2. The number of hydrogen-bond acceptors (Lipinski definition) is 5. The minimum Gasteiger partial charge on any atom is -0.359 e. The van der Waals surface area contributed by atoms with Crippen LogP contribution in [-0.4, -0.2) is 55.4 Å². The van der Waals surface area contributed by atoms with Crippen LogP contribution >= 0.6 is 34.5 Å². The van der Waals surface area contributed by atoms with Crippen LogP contribution < -0.4 is 4.72 Å². The fourth-order valence-electron chi connectivity index (χ4n) is 3.25. The van der Waals surface area contributed by atoms with Crippen molar-refractivity contribution < 1.29 is 16.8 Å². The number of sulfonamides is 2. The smallest absolute Gasteiger partial charge is 0.261 e. The largest absolute Gasteiger partial charge is 0.359 e. The molecular formula is C18H18ClIN4O4S2. The summed E-state index contributed by atoms with van der Waals surface area (Å²) < 4.78 is 57.3. The summed E-state index contributed by atoms with van der Waals surface area (Å²) in [6.07, 6.45) is 1.67. The second-order valence-corrected chi connectivity index (χ2v) is 12.1. The molecule has 1 saturated heterocycles. The zero-order valence-electron chi connectivity index (χ0n) is 15.5. The summed E-state index contributed by atoms with van der Waals surface area (Å²) in [6, 6.07) is 10.2. The summed E-state index contributed by atoms with van der Waals surface area (Å²) in [5.74, 6) is 0. The molecule has 0 bridgehead atoms. The fraction of sp³-hybridized carbons (Fsp3) is 0.222. The van der Waals surface area contributed by atoms with Crippen LogP contribution in [0.5, 0.6) is 0 Å². The highest BCUT2D eigenvalue weighted by molar-refractivity contribution is 14.1. The van der Waals surface area contributed by atoms with E-state index in [1.807, 2.05) is 3.11 Å². The molecule has 1 aliphatic rings. The average molecular weight is 581 g/mol. The highest BCUT2D eigenvalue weighted by atomic mass is 127. The molecule has 0 aliphatic carbocycles. The van der Waals surface area contributed by atoms with Gasteiger partial charge in [-0.05, 0) is 42.5 Å². The second-order valence-electron chi connectivity index (χ2n) is 6.75. The van der Waals surface area contributed by atoms with E-state index < -0.39 is 20.0 Å². The van der Waals surface area contributed by atoms with Gasteiger partial charge in [0.25, 0.3) is 10.0 Å². The minimum absolute atomic E-state index is 0.0341. The first-order valence-corrected chi connectivity index (χ1v) is 13.2. The number of aromatic nitrogens is 1. The minimum atomic E-state index is -3.92. The Hall–Kier alpha value is -1.38. The number of nitrogens with zero attached hydrogens (tertiary/aromatic N) is 2. The molecule has 0 saturated carbocycles. The molecule has 0 amide bonds. The molecule has 8 nitrogen and oxygen atoms in total. The molecule has 1 aromatic heterocycles. The van der Waals surface area contributed by atoms with E-state index in [0.717, 1.165) is 0 Å². The summed E-state index contributed by atoms with van der Waals surface area (Å²) in [5.41, 5.74) is 0.924. The van der Waals surface area contributed by atoms with E-state index in [9.17, 15) is 16.8 Å². The summed E-state index contributed by atoms with van der Waals surface area (Å²) in [4.78, 5) is 3.01. The molecule has 2 aromatic carbocycles. The Kier molecular flexibility index (Phi) is 6.03. The number of aromatic amines is 1. The lowest BCUT2D eigenvalue weighted by Crippen LogP contribution is -2.45. The standard InChI is InChI=1S/C18H18ClIN4O4S2/c19-16-5-6-17(18-15(16)7-8-21-18)22-29(25,26)13-1-3-14(4-2-13)30(27,28)24-11-9-23(20)10-12-24/h1-8,21-22H,9-12H2. The lowest BCUT2D eigenvalue weighted by Gasteiger charge is -2.30. The molecule has 0 atom stereocenters. The molecule has 2 N–H and O–H groups in total. The predicted octanol–water partition coefficient (Wildman–Crippen LogP) is 3.28. The second kappa shape index (κ2) is 8.28. The topological polar surface area (TPSA) is 103 Å². The van der Waals surface area contributed by atoms with E-state index in [4.69, 9.17) is 11.6 Å². The zero-order valence-corrected chi connectivity index (χ0v) is 20.1. The van der Waals surface area contributed by atoms with Crippen LogP contribution in [-0.2, 0) is 20.0 Å². The Bertz CT molecular complexity index is 1290. The molecule has 1 fully saturated rings. The maximum atomic E-state index is 12.8. The van der Waals surface area contributed by atoms with Gasteiger partial charge in [-0.25, -0.2) is 19.9 Å². The van der Waals surface area contributed by atoms with E-state index in [-0.39, 0.29) is 9.79 Å². The van der Waals surface area contributed by atoms with Crippen LogP contribution in [0.2, 0.25) is 5.02 Å². The maximum Gasteiger partial charge on any atom is 0.261 e. The zero-order chi connectivity index (χ0) is 21.5. The molecule has 2 heterocycles. The van der Waals surface area contributed by atoms with Gasteiger partial charge in [0.2, 0.25) is 10.0 Å². The lowest BCUT2D eigenvalue weighted by molar-refractivity contribution is 0.304. The summed E-state index contributed by atoms with van der Waals surface area (Å²) in [7, 11) is -7.58. The van der Waals surface area contributed by atoms with Gasteiger partial charge in [0, 0.05) is 60.6 Å². The quantitative estimate of drug-likeness (QED) is 0.356. The SMILES string of the molecule is O=S(=O)(Nc1ccc(Cl)c2cc[nH]c12)c1ccc(S(=O)(=O)N2CCN(I)CC2)cc1. The van der Waals surface area contributed by atoms with Crippen LogP contribution in [0.4, 0.5) is 5.69 Å². The maximum absolute atomic E-state index is 12.8. The molecule has 0 spiro atoms. The molecule has 160 valence electrons. The molecular weight excluding hydrogens is 563 g/mol. The van der Waals surface area contributed by atoms with Crippen LogP contribution in [0.3, 0.4) is 0 Å². The summed E-state index contributed by atoms with van der Waals surface area (Å²) in [5, 5.41) is 1.21. The number of rotatable bonds is 5. The molecule has 30 heavy (non-hydrogen) atoms. The Morgan fingerprint density at radius 3 is 2.20 bits per heavy atom. The number of anilines is 1. The van der Waals surface area contributed by atoms with Crippen molar-refractivity contribution in [2.24, 2.45) is 0 Å². The number of piperazine rings is 1. The van der Waals surface area contributed by atoms with Crippen molar-refractivity contribution in [1.82, 2.24) is 12.4 Å². The van der Waals surface area contributed by atoms with Gasteiger partial charge in [-0.3, -0.25) is 4.72 Å². The number of nitrogens with one attached hydrogen (secondary N) is 2. The highest BCUT2D eigenvalue weighted by Gasteiger charge is 2.28. The fourth-order valence-corrected chi connectivity index (χ4v) is 6.40. The predicted molar refractivity (Wildman–Crippen MR) is 125 cm³/mol. The van der Waals surface area contributed by atoms with E-state index in [1.165, 1.54) is 28.6 Å². The molecule has 1 aliphatic heterocycles. The summed E-state index contributed by atoms with van der Waals surface area (Å²) in [6.45, 7) is 2.08. The van der Waals surface area contributed by atoms with E-state index in [1.54, 1.807) is 24.4 Å². The third-order valence-electron chi connectivity index (χ3n) is 4.87. The van der Waals surface area contributed by atoms with E-state index >= 15 is 0 Å². The Balaban J connectivity index is 1.58. The van der Waals surface area contributed by atoms with E-state index in [2.05, 4.69) is 32.6 Å². The van der Waals surface area contributed by atoms with Gasteiger partial charge >= 0.3 is 0 Å². The molecule has 3 aromatic rings. The number of fused-ring (bicyclic) bond motifs is 1. The first-order valence-electron chi connectivity index (χ1n) is 8.98. The normalized spacial score (nSPS) is 16.7. The van der Waals surface area contributed by atoms with Gasteiger partial charge in [-0.15, -0.1) is 0 Å². The van der Waals surface area contributed by atoms with Gasteiger partial charge < -0.3 is 4.98 Å². The average Bonchev–Trinajstić information content (AvgIpc) is 3.22. The van der Waals surface area contributed by atoms with E-state index in [0.29, 0.717) is 47.8 Å². The van der Waals surface area contributed by atoms with Crippen molar-refractivity contribution in [2.75, 3.05) is 30.9 Å². The van der Waals surface area contributed by atoms with Crippen LogP contribution in [0.25, 0.3) is 10.9 Å². The Morgan fingerprint density at radius 1 is 0.900 bits per heavy atom. The highest BCUT2D eigenvalue weighted by Crippen LogP contribution is 2.30. The van der Waals surface area contributed by atoms with Crippen LogP contribution in [0.15, 0.2) is 58.5 Å². The molecule has 4 rings (SSSR count). The lowest BCUT2D eigenvalue weighted by atomic mass is 10.2. The van der Waals surface area contributed by atoms with Crippen molar-refractivity contribution in [3.8, 4) is 0 Å². The van der Waals surface area contributed by atoms with Crippen molar-refractivity contribution in [3.63, 3.8) is 0 Å². The first kappa shape index (κ1) is 21.8. The first-order chi connectivity index (χ1) is 14.2. The van der Waals surface area contributed by atoms with Crippen molar-refractivity contribution >= 4 is 71.1 Å². The number of hydrogen-bond donors (Lipinski definition) is 2. The number of H-pyrrole nitrogens is 1. The van der Waals surface area contributed by atoms with Crippen LogP contribution in [0.1, 0.15) is 0 Å².